The zero-order chi connectivity index (χ0) is 33.4. The SMILES string of the molecule is CC(=O)NC1[C@H](OCCOCCOCC(C)COCOCCO[C@@H]2OC(CO)[C@H](O)[C@H](O)C2NC(C)=O)OC(CO)[C@H](O)[C@@H]1O. The van der Waals surface area contributed by atoms with Crippen molar-refractivity contribution >= 4 is 11.8 Å². The van der Waals surface area contributed by atoms with Crippen LogP contribution in [0.4, 0.5) is 0 Å². The molecule has 2 amide bonds. The lowest BCUT2D eigenvalue weighted by Crippen LogP contribution is -2.64. The third kappa shape index (κ3) is 13.6. The first kappa shape index (κ1) is 39.6. The van der Waals surface area contributed by atoms with Crippen LogP contribution in [0.1, 0.15) is 20.8 Å². The molecule has 2 aliphatic rings. The van der Waals surface area contributed by atoms with Crippen LogP contribution in [0.5, 0.6) is 0 Å². The zero-order valence-corrected chi connectivity index (χ0v) is 25.9. The third-order valence-corrected chi connectivity index (χ3v) is 6.86. The van der Waals surface area contributed by atoms with E-state index in [4.69, 9.17) is 37.9 Å². The number of hydrogen-bond acceptors (Lipinski definition) is 16. The van der Waals surface area contributed by atoms with Crippen molar-refractivity contribution in [3.05, 3.63) is 0 Å². The minimum absolute atomic E-state index is 0.0133. The predicted molar refractivity (Wildman–Crippen MR) is 150 cm³/mol. The van der Waals surface area contributed by atoms with Crippen LogP contribution in [0.15, 0.2) is 0 Å². The fourth-order valence-corrected chi connectivity index (χ4v) is 4.59. The number of aliphatic hydroxyl groups is 6. The summed E-state index contributed by atoms with van der Waals surface area (Å²) < 4.78 is 43.9. The molecular weight excluding hydrogens is 608 g/mol. The van der Waals surface area contributed by atoms with E-state index in [0.29, 0.717) is 19.8 Å². The number of carbonyl (C=O) groups excluding carboxylic acids is 2. The van der Waals surface area contributed by atoms with E-state index in [1.807, 2.05) is 6.92 Å². The molecule has 0 aromatic carbocycles. The van der Waals surface area contributed by atoms with Gasteiger partial charge >= 0.3 is 0 Å². The van der Waals surface area contributed by atoms with Crippen molar-refractivity contribution in [2.75, 3.05) is 72.9 Å². The molecular formula is C27H50N2O16. The topological polar surface area (TPSA) is 253 Å². The summed E-state index contributed by atoms with van der Waals surface area (Å²) in [4.78, 5) is 22.9. The van der Waals surface area contributed by atoms with Gasteiger partial charge in [0.25, 0.3) is 0 Å². The van der Waals surface area contributed by atoms with Gasteiger partial charge < -0.3 is 79.2 Å². The van der Waals surface area contributed by atoms with E-state index in [0.717, 1.165) is 0 Å². The van der Waals surface area contributed by atoms with Crippen molar-refractivity contribution < 1.29 is 78.1 Å². The summed E-state index contributed by atoms with van der Waals surface area (Å²) in [6.45, 7) is 5.11. The Hall–Kier alpha value is -1.62. The number of aliphatic hydroxyl groups excluding tert-OH is 6. The first-order chi connectivity index (χ1) is 21.5. The van der Waals surface area contributed by atoms with Gasteiger partial charge in [-0.15, -0.1) is 0 Å². The minimum Gasteiger partial charge on any atom is -0.394 e. The van der Waals surface area contributed by atoms with E-state index in [1.54, 1.807) is 0 Å². The monoisotopic (exact) mass is 658 g/mol. The summed E-state index contributed by atoms with van der Waals surface area (Å²) in [6, 6.07) is -2.04. The molecule has 5 unspecified atom stereocenters. The van der Waals surface area contributed by atoms with Gasteiger partial charge in [-0.05, 0) is 0 Å². The molecule has 2 rings (SSSR count). The summed E-state index contributed by atoms with van der Waals surface area (Å²) >= 11 is 0. The summed E-state index contributed by atoms with van der Waals surface area (Å²) in [5.74, 6) is -0.831. The summed E-state index contributed by atoms with van der Waals surface area (Å²) in [5, 5.41) is 64.3. The molecule has 8 N–H and O–H groups in total. The van der Waals surface area contributed by atoms with Gasteiger partial charge in [0.2, 0.25) is 11.8 Å². The van der Waals surface area contributed by atoms with Gasteiger partial charge in [0, 0.05) is 19.8 Å². The van der Waals surface area contributed by atoms with Crippen LogP contribution in [-0.4, -0.2) is 177 Å². The van der Waals surface area contributed by atoms with Gasteiger partial charge in [-0.2, -0.15) is 0 Å². The molecule has 2 saturated heterocycles. The standard InChI is InChI=1S/C27H50N2O16/c1-15(13-41-14-40-7-9-43-27-21(29-17(3)33)25(37)23(35)19(11-31)45-27)12-39-5-4-38-6-8-42-26-20(28-16(2)32)24(36)22(34)18(10-30)44-26/h15,18-27,30-31,34-37H,4-14H2,1-3H3,(H,28,32)(H,29,33)/t15?,18?,19?,20?,21?,22-,23-,24+,25+,26+,27+/m0/s1. The van der Waals surface area contributed by atoms with Gasteiger partial charge in [0.15, 0.2) is 12.6 Å². The Morgan fingerprint density at radius 2 is 1.07 bits per heavy atom. The second-order valence-electron chi connectivity index (χ2n) is 10.8. The lowest BCUT2D eigenvalue weighted by molar-refractivity contribution is -0.273. The second-order valence-corrected chi connectivity index (χ2v) is 10.8. The van der Waals surface area contributed by atoms with Crippen molar-refractivity contribution in [1.29, 1.82) is 0 Å². The molecule has 264 valence electrons. The lowest BCUT2D eigenvalue weighted by Gasteiger charge is -2.42. The molecule has 0 radical (unpaired) electrons. The normalized spacial score (nSPS) is 32.6. The third-order valence-electron chi connectivity index (χ3n) is 6.86. The van der Waals surface area contributed by atoms with Gasteiger partial charge in [-0.25, -0.2) is 0 Å². The first-order valence-electron chi connectivity index (χ1n) is 14.8. The average Bonchev–Trinajstić information content (AvgIpc) is 3.00. The van der Waals surface area contributed by atoms with Gasteiger partial charge in [0.1, 0.15) is 55.5 Å². The van der Waals surface area contributed by atoms with Crippen molar-refractivity contribution in [2.24, 2.45) is 5.92 Å². The molecule has 0 spiro atoms. The van der Waals surface area contributed by atoms with Crippen molar-refractivity contribution in [3.8, 4) is 0 Å². The number of nitrogens with one attached hydrogen (secondary N) is 2. The Labute approximate surface area is 261 Å². The summed E-state index contributed by atoms with van der Waals surface area (Å²) in [6.07, 6.45) is -9.86. The van der Waals surface area contributed by atoms with E-state index in [2.05, 4.69) is 10.6 Å². The van der Waals surface area contributed by atoms with Crippen LogP contribution in [0.25, 0.3) is 0 Å². The molecule has 0 saturated carbocycles. The highest BCUT2D eigenvalue weighted by atomic mass is 16.7. The van der Waals surface area contributed by atoms with Crippen LogP contribution in [-0.2, 0) is 47.5 Å². The van der Waals surface area contributed by atoms with Crippen LogP contribution >= 0.6 is 0 Å². The van der Waals surface area contributed by atoms with Crippen molar-refractivity contribution in [2.45, 2.75) is 82.1 Å². The smallest absolute Gasteiger partial charge is 0.217 e. The summed E-state index contributed by atoms with van der Waals surface area (Å²) in [7, 11) is 0. The molecule has 18 nitrogen and oxygen atoms in total. The Bertz CT molecular complexity index is 843. The maximum absolute atomic E-state index is 11.5. The molecule has 0 aliphatic carbocycles. The highest BCUT2D eigenvalue weighted by molar-refractivity contribution is 5.73. The highest BCUT2D eigenvalue weighted by Gasteiger charge is 2.46. The van der Waals surface area contributed by atoms with E-state index >= 15 is 0 Å². The number of amides is 2. The Morgan fingerprint density at radius 1 is 0.644 bits per heavy atom. The van der Waals surface area contributed by atoms with E-state index in [-0.39, 0.29) is 45.7 Å². The molecule has 0 bridgehead atoms. The number of ether oxygens (including phenoxy) is 8. The fourth-order valence-electron chi connectivity index (χ4n) is 4.59. The van der Waals surface area contributed by atoms with Crippen LogP contribution in [0.3, 0.4) is 0 Å². The average molecular weight is 659 g/mol. The highest BCUT2D eigenvalue weighted by Crippen LogP contribution is 2.23. The quantitative estimate of drug-likeness (QED) is 0.0428. The molecule has 45 heavy (non-hydrogen) atoms. The Morgan fingerprint density at radius 3 is 1.53 bits per heavy atom. The van der Waals surface area contributed by atoms with E-state index in [9.17, 15) is 40.2 Å². The molecule has 0 aromatic heterocycles. The fraction of sp³-hybridized carbons (Fsp3) is 0.926. The molecule has 11 atom stereocenters. The minimum atomic E-state index is -1.39. The van der Waals surface area contributed by atoms with Crippen LogP contribution in [0, 0.1) is 5.92 Å². The lowest BCUT2D eigenvalue weighted by atomic mass is 9.97. The van der Waals surface area contributed by atoms with Crippen LogP contribution < -0.4 is 10.6 Å². The number of carbonyl (C=O) groups is 2. The zero-order valence-electron chi connectivity index (χ0n) is 25.9. The number of rotatable bonds is 21. The van der Waals surface area contributed by atoms with Gasteiger partial charge in [-0.3, -0.25) is 9.59 Å². The maximum atomic E-state index is 11.5. The van der Waals surface area contributed by atoms with Crippen molar-refractivity contribution in [3.63, 3.8) is 0 Å². The Kier molecular flexibility index (Phi) is 18.7. The van der Waals surface area contributed by atoms with Gasteiger partial charge in [0.05, 0.1) is 66.1 Å². The molecule has 2 heterocycles. The Balaban J connectivity index is 1.50. The molecule has 2 fully saturated rings. The predicted octanol–water partition coefficient (Wildman–Crippen LogP) is -4.43. The molecule has 0 aromatic rings. The summed E-state index contributed by atoms with van der Waals surface area (Å²) in [5.41, 5.74) is 0. The van der Waals surface area contributed by atoms with Crippen molar-refractivity contribution in [1.82, 2.24) is 10.6 Å². The van der Waals surface area contributed by atoms with E-state index < -0.39 is 86.3 Å². The van der Waals surface area contributed by atoms with Crippen LogP contribution in [0.2, 0.25) is 0 Å². The van der Waals surface area contributed by atoms with E-state index in [1.165, 1.54) is 13.8 Å². The van der Waals surface area contributed by atoms with Gasteiger partial charge in [-0.1, -0.05) is 6.92 Å². The first-order valence-corrected chi connectivity index (χ1v) is 14.8. The maximum Gasteiger partial charge on any atom is 0.217 e. The number of hydrogen-bond donors (Lipinski definition) is 8. The largest absolute Gasteiger partial charge is 0.394 e. The molecule has 18 heteroatoms. The second kappa shape index (κ2) is 21.3. The molecule has 2 aliphatic heterocycles.